The van der Waals surface area contributed by atoms with E-state index < -0.39 is 0 Å². The Morgan fingerprint density at radius 2 is 1.64 bits per heavy atom. The van der Waals surface area contributed by atoms with Crippen LogP contribution in [0.25, 0.3) is 11.1 Å². The number of nitrogens with one attached hydrogen (secondary N) is 2. The van der Waals surface area contributed by atoms with Crippen molar-refractivity contribution in [2.45, 2.75) is 32.2 Å². The van der Waals surface area contributed by atoms with Crippen LogP contribution in [0.4, 0.5) is 28.8 Å². The molecular weight excluding hydrogens is 669 g/mol. The number of halogens is 1. The third-order valence-electron chi connectivity index (χ3n) is 9.47. The third kappa shape index (κ3) is 7.92. The van der Waals surface area contributed by atoms with Crippen molar-refractivity contribution in [3.63, 3.8) is 0 Å². The lowest BCUT2D eigenvalue weighted by atomic mass is 9.99. The molecule has 0 saturated carbocycles. The Kier molecular flexibility index (Phi) is 11.0. The number of hydrogen-bond donors (Lipinski definition) is 2. The van der Waals surface area contributed by atoms with E-state index in [4.69, 9.17) is 9.72 Å². The van der Waals surface area contributed by atoms with Crippen LogP contribution >= 0.6 is 23.9 Å². The minimum absolute atomic E-state index is 0.367. The van der Waals surface area contributed by atoms with Gasteiger partial charge in [-0.25, -0.2) is 4.98 Å². The number of nitrogens with zero attached hydrogens (tertiary/aromatic N) is 5. The molecule has 0 unspecified atom stereocenters. The molecule has 0 amide bonds. The van der Waals surface area contributed by atoms with E-state index in [9.17, 15) is 0 Å². The maximum absolute atomic E-state index is 5.93. The van der Waals surface area contributed by atoms with E-state index in [0.717, 1.165) is 41.1 Å². The molecule has 0 spiro atoms. The molecule has 8 nitrogen and oxygen atoms in total. The molecule has 0 radical (unpaired) electrons. The number of rotatable bonds is 10. The number of aromatic nitrogens is 2. The van der Waals surface area contributed by atoms with Gasteiger partial charge in [-0.3, -0.25) is 4.90 Å². The normalized spacial score (nSPS) is 16.4. The molecular formula is C37H47BrN7OP. The largest absolute Gasteiger partial charge is 0.494 e. The van der Waals surface area contributed by atoms with Crippen molar-refractivity contribution in [2.75, 3.05) is 82.3 Å². The first-order valence-electron chi connectivity index (χ1n) is 16.6. The Bertz CT molecular complexity index is 1650. The number of anilines is 5. The smallest absolute Gasteiger partial charge is 0.229 e. The van der Waals surface area contributed by atoms with Gasteiger partial charge in [0.05, 0.1) is 17.3 Å². The van der Waals surface area contributed by atoms with Gasteiger partial charge in [0, 0.05) is 68.9 Å². The topological polar surface area (TPSA) is 68.8 Å². The number of piperidine rings is 1. The summed E-state index contributed by atoms with van der Waals surface area (Å²) < 4.78 is 6.73. The summed E-state index contributed by atoms with van der Waals surface area (Å²) in [6.07, 6.45) is 5.13. The van der Waals surface area contributed by atoms with Crippen molar-refractivity contribution in [2.24, 2.45) is 0 Å². The van der Waals surface area contributed by atoms with Crippen molar-refractivity contribution in [1.29, 1.82) is 0 Å². The summed E-state index contributed by atoms with van der Waals surface area (Å²) in [5, 5.41) is 8.35. The quantitative estimate of drug-likeness (QED) is 0.163. The van der Waals surface area contributed by atoms with Gasteiger partial charge in [-0.2, -0.15) is 4.98 Å². The maximum Gasteiger partial charge on any atom is 0.229 e. The van der Waals surface area contributed by atoms with Crippen molar-refractivity contribution in [1.82, 2.24) is 19.8 Å². The molecule has 2 fully saturated rings. The molecule has 2 aliphatic rings. The molecule has 3 heterocycles. The summed E-state index contributed by atoms with van der Waals surface area (Å²) in [5.74, 6) is 2.01. The van der Waals surface area contributed by atoms with Gasteiger partial charge in [-0.1, -0.05) is 51.2 Å². The molecule has 4 aromatic rings. The van der Waals surface area contributed by atoms with Crippen molar-refractivity contribution < 1.29 is 4.74 Å². The number of benzene rings is 3. The van der Waals surface area contributed by atoms with Crippen LogP contribution in [0.15, 0.2) is 71.3 Å². The standard InChI is InChI=1S/C37H47BrN7OP/c1-6-26-22-32(34(46-3)24-33(26)45-16-14-29(15-17-45)44-20-18-43(2)19-21-44)41-37-39-25-30(38)36(42-37)40-31-13-12-28(23-35(31)47(4)5)27-10-8-7-9-11-27/h7-13,22-25,29H,6,14-21H2,1-5H3,(H2,39,40,41,42). The zero-order valence-corrected chi connectivity index (χ0v) is 30.7. The number of ether oxygens (including phenoxy) is 1. The first-order valence-corrected chi connectivity index (χ1v) is 19.7. The highest BCUT2D eigenvalue weighted by atomic mass is 79.9. The summed E-state index contributed by atoms with van der Waals surface area (Å²) in [5.41, 5.74) is 6.92. The average molecular weight is 717 g/mol. The monoisotopic (exact) mass is 715 g/mol. The molecule has 248 valence electrons. The number of aryl methyl sites for hydroxylation is 1. The molecule has 0 aliphatic carbocycles. The first kappa shape index (κ1) is 33.7. The molecule has 2 N–H and O–H groups in total. The van der Waals surface area contributed by atoms with E-state index in [1.807, 2.05) is 0 Å². The van der Waals surface area contributed by atoms with Crippen molar-refractivity contribution >= 4 is 58.0 Å². The van der Waals surface area contributed by atoms with Gasteiger partial charge in [0.15, 0.2) is 0 Å². The average Bonchev–Trinajstić information content (AvgIpc) is 3.10. The molecule has 6 rings (SSSR count). The van der Waals surface area contributed by atoms with Gasteiger partial charge in [-0.05, 0) is 95.8 Å². The predicted molar refractivity (Wildman–Crippen MR) is 203 cm³/mol. The SMILES string of the molecule is CCc1cc(Nc2ncc(Br)c(Nc3ccc(-c4ccccc4)cc3P(C)C)n2)c(OC)cc1N1CCC(N2CCN(C)CC2)CC1. The molecule has 2 saturated heterocycles. The maximum atomic E-state index is 5.93. The van der Waals surface area contributed by atoms with Crippen LogP contribution in [0.1, 0.15) is 25.3 Å². The molecule has 0 atom stereocenters. The van der Waals surface area contributed by atoms with Gasteiger partial charge in [-0.15, -0.1) is 0 Å². The second-order valence-corrected chi connectivity index (χ2v) is 15.8. The van der Waals surface area contributed by atoms with Crippen LogP contribution < -0.4 is 25.6 Å². The van der Waals surface area contributed by atoms with Gasteiger partial charge in [0.2, 0.25) is 5.95 Å². The Morgan fingerprint density at radius 3 is 2.32 bits per heavy atom. The Hall–Kier alpha value is -3.23. The van der Waals surface area contributed by atoms with Crippen LogP contribution in [0.2, 0.25) is 0 Å². The van der Waals surface area contributed by atoms with E-state index in [2.05, 4.69) is 134 Å². The Morgan fingerprint density at radius 1 is 0.894 bits per heavy atom. The summed E-state index contributed by atoms with van der Waals surface area (Å²) in [4.78, 5) is 17.2. The minimum atomic E-state index is -0.367. The highest BCUT2D eigenvalue weighted by molar-refractivity contribution is 9.10. The highest BCUT2D eigenvalue weighted by Gasteiger charge is 2.28. The summed E-state index contributed by atoms with van der Waals surface area (Å²) in [6, 6.07) is 22.2. The van der Waals surface area contributed by atoms with Gasteiger partial charge in [0.1, 0.15) is 11.6 Å². The summed E-state index contributed by atoms with van der Waals surface area (Å²) in [7, 11) is 3.60. The lowest BCUT2D eigenvalue weighted by Gasteiger charge is -2.43. The lowest BCUT2D eigenvalue weighted by molar-refractivity contribution is 0.0982. The molecule has 0 bridgehead atoms. The number of piperazine rings is 1. The number of methoxy groups -OCH3 is 1. The Balaban J connectivity index is 1.19. The predicted octanol–water partition coefficient (Wildman–Crippen LogP) is 7.55. The first-order chi connectivity index (χ1) is 22.8. The molecule has 47 heavy (non-hydrogen) atoms. The van der Waals surface area contributed by atoms with Crippen molar-refractivity contribution in [3.8, 4) is 16.9 Å². The molecule has 3 aromatic carbocycles. The van der Waals surface area contributed by atoms with Crippen LogP contribution in [-0.2, 0) is 6.42 Å². The highest BCUT2D eigenvalue weighted by Crippen LogP contribution is 2.38. The zero-order valence-electron chi connectivity index (χ0n) is 28.3. The lowest BCUT2D eigenvalue weighted by Crippen LogP contribution is -2.52. The van der Waals surface area contributed by atoms with Crippen LogP contribution in [0.3, 0.4) is 0 Å². The molecule has 1 aromatic heterocycles. The minimum Gasteiger partial charge on any atom is -0.494 e. The van der Waals surface area contributed by atoms with Gasteiger partial charge in [0.25, 0.3) is 0 Å². The fraction of sp³-hybridized carbons (Fsp3) is 0.405. The van der Waals surface area contributed by atoms with E-state index in [1.54, 1.807) is 13.3 Å². The van der Waals surface area contributed by atoms with E-state index in [0.29, 0.717) is 17.8 Å². The molecule has 10 heteroatoms. The van der Waals surface area contributed by atoms with Crippen LogP contribution in [0.5, 0.6) is 5.75 Å². The Labute approximate surface area is 289 Å². The fourth-order valence-electron chi connectivity index (χ4n) is 6.70. The van der Waals surface area contributed by atoms with E-state index in [1.165, 1.54) is 66.7 Å². The molecule has 2 aliphatic heterocycles. The number of likely N-dealkylation sites (N-methyl/N-ethyl adjacent to an activating group) is 1. The van der Waals surface area contributed by atoms with Gasteiger partial charge >= 0.3 is 0 Å². The third-order valence-corrected chi connectivity index (χ3v) is 11.4. The van der Waals surface area contributed by atoms with Crippen molar-refractivity contribution in [3.05, 3.63) is 76.9 Å². The summed E-state index contributed by atoms with van der Waals surface area (Å²) >= 11 is 3.68. The van der Waals surface area contributed by atoms with E-state index >= 15 is 0 Å². The van der Waals surface area contributed by atoms with Gasteiger partial charge < -0.3 is 25.2 Å². The van der Waals surface area contributed by atoms with Crippen LogP contribution in [-0.4, -0.2) is 92.6 Å². The van der Waals surface area contributed by atoms with E-state index in [-0.39, 0.29) is 7.92 Å². The summed E-state index contributed by atoms with van der Waals surface area (Å²) in [6.45, 7) is 13.6. The number of hydrogen-bond acceptors (Lipinski definition) is 8. The second-order valence-electron chi connectivity index (χ2n) is 12.7. The fourth-order valence-corrected chi connectivity index (χ4v) is 8.00. The zero-order chi connectivity index (χ0) is 32.9. The second kappa shape index (κ2) is 15.3. The van der Waals surface area contributed by atoms with Crippen LogP contribution in [0, 0.1) is 0 Å².